The molecule has 3 aromatic rings. The number of rotatable bonds is 2. The largest absolute Gasteiger partial charge is 0.378 e. The van der Waals surface area contributed by atoms with Crippen LogP contribution in [0.5, 0.6) is 0 Å². The summed E-state index contributed by atoms with van der Waals surface area (Å²) in [6.45, 7) is 2.90. The van der Waals surface area contributed by atoms with E-state index in [2.05, 4.69) is 14.9 Å². The van der Waals surface area contributed by atoms with E-state index in [0.717, 1.165) is 24.2 Å². The molecule has 1 fully saturated rings. The molecule has 5 nitrogen and oxygen atoms in total. The van der Waals surface area contributed by atoms with Crippen LogP contribution in [0.4, 0.5) is 10.1 Å². The summed E-state index contributed by atoms with van der Waals surface area (Å²) in [4.78, 5) is 9.69. The van der Waals surface area contributed by atoms with Gasteiger partial charge in [0.05, 0.1) is 24.5 Å². The Morgan fingerprint density at radius 1 is 1.21 bits per heavy atom. The first-order valence-corrected chi connectivity index (χ1v) is 7.77. The number of fused-ring (bicyclic) bond motifs is 1. The molecule has 120 valence electrons. The highest BCUT2D eigenvalue weighted by molar-refractivity contribution is 6.02. The van der Waals surface area contributed by atoms with Crippen molar-refractivity contribution in [2.45, 2.75) is 0 Å². The number of nitrogens with zero attached hydrogens (tertiary/aromatic N) is 3. The fourth-order valence-corrected chi connectivity index (χ4v) is 3.15. The minimum atomic E-state index is -0.502. The number of nitrogens with one attached hydrogen (secondary N) is 1. The van der Waals surface area contributed by atoms with Crippen LogP contribution in [0.25, 0.3) is 22.2 Å². The smallest absolute Gasteiger partial charge is 0.148 e. The van der Waals surface area contributed by atoms with Crippen molar-refractivity contribution in [2.24, 2.45) is 0 Å². The zero-order valence-electron chi connectivity index (χ0n) is 12.9. The van der Waals surface area contributed by atoms with E-state index >= 15 is 0 Å². The van der Waals surface area contributed by atoms with Crippen molar-refractivity contribution in [1.29, 1.82) is 5.26 Å². The first-order valence-electron chi connectivity index (χ1n) is 7.77. The first-order chi connectivity index (χ1) is 11.8. The Labute approximate surface area is 138 Å². The van der Waals surface area contributed by atoms with E-state index in [9.17, 15) is 4.39 Å². The van der Waals surface area contributed by atoms with Crippen LogP contribution in [0.2, 0.25) is 0 Å². The van der Waals surface area contributed by atoms with Gasteiger partial charge in [0.15, 0.2) is 0 Å². The van der Waals surface area contributed by atoms with Gasteiger partial charge in [0.1, 0.15) is 17.5 Å². The summed E-state index contributed by atoms with van der Waals surface area (Å²) >= 11 is 0. The molecular formula is C18H15FN4O. The molecule has 0 saturated carbocycles. The Balaban J connectivity index is 1.93. The third kappa shape index (κ3) is 2.30. The lowest BCUT2D eigenvalue weighted by molar-refractivity contribution is 0.123. The molecule has 0 spiro atoms. The standard InChI is InChI=1S/C18H15FN4O/c19-17-12(10-20)2-1-3-13(17)14-11-22-18-16(14)15(4-5-21-18)23-6-8-24-9-7-23/h1-5,11H,6-9H2,(H,21,22). The summed E-state index contributed by atoms with van der Waals surface area (Å²) in [5, 5.41) is 9.95. The Hall–Kier alpha value is -2.91. The van der Waals surface area contributed by atoms with E-state index in [1.807, 2.05) is 12.1 Å². The van der Waals surface area contributed by atoms with E-state index in [4.69, 9.17) is 10.00 Å². The monoisotopic (exact) mass is 322 g/mol. The molecule has 0 aliphatic carbocycles. The van der Waals surface area contributed by atoms with Gasteiger partial charge in [0.2, 0.25) is 0 Å². The van der Waals surface area contributed by atoms with Gasteiger partial charge in [-0.3, -0.25) is 0 Å². The Morgan fingerprint density at radius 3 is 2.83 bits per heavy atom. The van der Waals surface area contributed by atoms with Gasteiger partial charge in [-0.05, 0) is 12.1 Å². The van der Waals surface area contributed by atoms with E-state index in [-0.39, 0.29) is 5.56 Å². The molecule has 24 heavy (non-hydrogen) atoms. The Kier molecular flexibility index (Phi) is 3.63. The maximum absolute atomic E-state index is 14.6. The summed E-state index contributed by atoms with van der Waals surface area (Å²) in [5.41, 5.74) is 2.87. The fourth-order valence-electron chi connectivity index (χ4n) is 3.15. The number of hydrogen-bond acceptors (Lipinski definition) is 4. The highest BCUT2D eigenvalue weighted by Gasteiger charge is 2.20. The highest BCUT2D eigenvalue weighted by atomic mass is 19.1. The minimum absolute atomic E-state index is 0.0404. The molecule has 0 bridgehead atoms. The first kappa shape index (κ1) is 14.7. The van der Waals surface area contributed by atoms with Crippen molar-refractivity contribution in [1.82, 2.24) is 9.97 Å². The highest BCUT2D eigenvalue weighted by Crippen LogP contribution is 2.36. The van der Waals surface area contributed by atoms with E-state index in [0.29, 0.717) is 30.0 Å². The molecule has 1 aliphatic rings. The van der Waals surface area contributed by atoms with E-state index < -0.39 is 5.82 Å². The van der Waals surface area contributed by atoms with Gasteiger partial charge in [-0.2, -0.15) is 5.26 Å². The molecule has 3 heterocycles. The fraction of sp³-hybridized carbons (Fsp3) is 0.222. The van der Waals surface area contributed by atoms with Gasteiger partial charge >= 0.3 is 0 Å². The van der Waals surface area contributed by atoms with Crippen LogP contribution in [0.15, 0.2) is 36.7 Å². The zero-order valence-corrected chi connectivity index (χ0v) is 12.9. The van der Waals surface area contributed by atoms with E-state index in [1.54, 1.807) is 24.5 Å². The predicted molar refractivity (Wildman–Crippen MR) is 89.2 cm³/mol. The molecule has 1 aromatic carbocycles. The second-order valence-corrected chi connectivity index (χ2v) is 5.63. The van der Waals surface area contributed by atoms with Crippen LogP contribution < -0.4 is 4.90 Å². The summed E-state index contributed by atoms with van der Waals surface area (Å²) in [6, 6.07) is 8.70. The molecule has 1 N–H and O–H groups in total. The number of halogens is 1. The van der Waals surface area contributed by atoms with Gasteiger partial charge in [0, 0.05) is 42.0 Å². The number of aromatic nitrogens is 2. The average molecular weight is 322 g/mol. The molecular weight excluding hydrogens is 307 g/mol. The second kappa shape index (κ2) is 5.95. The third-order valence-corrected chi connectivity index (χ3v) is 4.31. The molecule has 0 radical (unpaired) electrons. The van der Waals surface area contributed by atoms with Crippen molar-refractivity contribution >= 4 is 16.7 Å². The normalized spacial score (nSPS) is 14.8. The summed E-state index contributed by atoms with van der Waals surface area (Å²) in [7, 11) is 0. The third-order valence-electron chi connectivity index (χ3n) is 4.31. The number of ether oxygens (including phenoxy) is 1. The van der Waals surface area contributed by atoms with Crippen LogP contribution in [0.1, 0.15) is 5.56 Å². The van der Waals surface area contributed by atoms with Crippen molar-refractivity contribution in [3.8, 4) is 17.2 Å². The van der Waals surface area contributed by atoms with Gasteiger partial charge in [0.25, 0.3) is 0 Å². The van der Waals surface area contributed by atoms with Crippen LogP contribution in [0, 0.1) is 17.1 Å². The number of anilines is 1. The topological polar surface area (TPSA) is 64.9 Å². The number of H-pyrrole nitrogens is 1. The lowest BCUT2D eigenvalue weighted by Gasteiger charge is -2.29. The maximum atomic E-state index is 14.6. The van der Waals surface area contributed by atoms with Gasteiger partial charge < -0.3 is 14.6 Å². The second-order valence-electron chi connectivity index (χ2n) is 5.63. The van der Waals surface area contributed by atoms with Crippen molar-refractivity contribution < 1.29 is 9.13 Å². The summed E-state index contributed by atoms with van der Waals surface area (Å²) in [5.74, 6) is -0.502. The number of nitriles is 1. The number of hydrogen-bond donors (Lipinski definition) is 1. The summed E-state index contributed by atoms with van der Waals surface area (Å²) < 4.78 is 20.1. The number of benzene rings is 1. The molecule has 0 atom stereocenters. The van der Waals surface area contributed by atoms with Crippen LogP contribution >= 0.6 is 0 Å². The van der Waals surface area contributed by atoms with Crippen molar-refractivity contribution in [3.05, 3.63) is 48.0 Å². The zero-order chi connectivity index (χ0) is 16.5. The summed E-state index contributed by atoms with van der Waals surface area (Å²) in [6.07, 6.45) is 3.50. The number of morpholine rings is 1. The molecule has 4 rings (SSSR count). The number of aromatic amines is 1. The van der Waals surface area contributed by atoms with E-state index in [1.165, 1.54) is 6.07 Å². The average Bonchev–Trinajstić information content (AvgIpc) is 3.07. The lowest BCUT2D eigenvalue weighted by Crippen LogP contribution is -2.36. The predicted octanol–water partition coefficient (Wildman–Crippen LogP) is 3.08. The lowest BCUT2D eigenvalue weighted by atomic mass is 10.0. The number of pyridine rings is 1. The molecule has 2 aromatic heterocycles. The quantitative estimate of drug-likeness (QED) is 0.787. The van der Waals surface area contributed by atoms with Gasteiger partial charge in [-0.1, -0.05) is 12.1 Å². The van der Waals surface area contributed by atoms with Crippen LogP contribution in [0.3, 0.4) is 0 Å². The molecule has 0 unspecified atom stereocenters. The van der Waals surface area contributed by atoms with Crippen LogP contribution in [-0.2, 0) is 4.74 Å². The van der Waals surface area contributed by atoms with Gasteiger partial charge in [-0.25, -0.2) is 9.37 Å². The van der Waals surface area contributed by atoms with Crippen LogP contribution in [-0.4, -0.2) is 36.3 Å². The molecule has 0 amide bonds. The van der Waals surface area contributed by atoms with Crippen molar-refractivity contribution in [2.75, 3.05) is 31.2 Å². The molecule has 6 heteroatoms. The molecule has 1 saturated heterocycles. The molecule has 1 aliphatic heterocycles. The minimum Gasteiger partial charge on any atom is -0.378 e. The van der Waals surface area contributed by atoms with Gasteiger partial charge in [-0.15, -0.1) is 0 Å². The van der Waals surface area contributed by atoms with Crippen molar-refractivity contribution in [3.63, 3.8) is 0 Å². The Bertz CT molecular complexity index is 938. The maximum Gasteiger partial charge on any atom is 0.148 e. The Morgan fingerprint density at radius 2 is 2.04 bits per heavy atom. The SMILES string of the molecule is N#Cc1cccc(-c2c[nH]c3nccc(N4CCOCC4)c23)c1F.